The second kappa shape index (κ2) is 5.39. The maximum Gasteiger partial charge on any atom is 0.416 e. The molecular formula is C11H11BrF3N. The van der Waals surface area contributed by atoms with Gasteiger partial charge in [0.1, 0.15) is 0 Å². The lowest BCUT2D eigenvalue weighted by Gasteiger charge is -2.11. The van der Waals surface area contributed by atoms with Gasteiger partial charge in [-0.3, -0.25) is 0 Å². The first-order valence-electron chi connectivity index (χ1n) is 4.66. The minimum Gasteiger partial charge on any atom is -0.384 e. The van der Waals surface area contributed by atoms with E-state index in [1.54, 1.807) is 6.08 Å². The molecule has 0 aromatic heterocycles. The molecule has 16 heavy (non-hydrogen) atoms. The third-order valence-corrected chi connectivity index (χ3v) is 2.65. The predicted molar refractivity (Wildman–Crippen MR) is 62.4 cm³/mol. The second-order valence-electron chi connectivity index (χ2n) is 3.20. The van der Waals surface area contributed by atoms with E-state index in [4.69, 9.17) is 0 Å². The summed E-state index contributed by atoms with van der Waals surface area (Å²) in [6.45, 7) is 4.10. The Hall–Kier alpha value is -0.970. The largest absolute Gasteiger partial charge is 0.416 e. The van der Waals surface area contributed by atoms with E-state index in [1.807, 2.05) is 0 Å². The van der Waals surface area contributed by atoms with Crippen LogP contribution in [0.3, 0.4) is 0 Å². The van der Waals surface area contributed by atoms with Crippen molar-refractivity contribution in [3.63, 3.8) is 0 Å². The van der Waals surface area contributed by atoms with Gasteiger partial charge in [0.05, 0.1) is 5.56 Å². The highest BCUT2D eigenvalue weighted by Crippen LogP contribution is 2.33. The average molecular weight is 294 g/mol. The van der Waals surface area contributed by atoms with Crippen LogP contribution in [-0.4, -0.2) is 6.54 Å². The summed E-state index contributed by atoms with van der Waals surface area (Å²) in [6, 6.07) is 3.52. The van der Waals surface area contributed by atoms with Crippen LogP contribution in [0.1, 0.15) is 12.0 Å². The monoisotopic (exact) mass is 293 g/mol. The Morgan fingerprint density at radius 3 is 2.62 bits per heavy atom. The van der Waals surface area contributed by atoms with Crippen LogP contribution in [0.25, 0.3) is 0 Å². The van der Waals surface area contributed by atoms with E-state index in [9.17, 15) is 13.2 Å². The summed E-state index contributed by atoms with van der Waals surface area (Å²) in [5.41, 5.74) is -0.214. The Bertz CT molecular complexity index is 374. The lowest BCUT2D eigenvalue weighted by atomic mass is 10.2. The molecule has 0 amide bonds. The fourth-order valence-corrected chi connectivity index (χ4v) is 1.53. The lowest BCUT2D eigenvalue weighted by molar-refractivity contribution is -0.137. The summed E-state index contributed by atoms with van der Waals surface area (Å²) >= 11 is 3.19. The lowest BCUT2D eigenvalue weighted by Crippen LogP contribution is -2.07. The zero-order chi connectivity index (χ0) is 12.2. The van der Waals surface area contributed by atoms with E-state index in [2.05, 4.69) is 27.8 Å². The molecule has 0 unspecified atom stereocenters. The first-order chi connectivity index (χ1) is 7.45. The molecule has 0 bridgehead atoms. The molecule has 0 radical (unpaired) electrons. The van der Waals surface area contributed by atoms with E-state index in [1.165, 1.54) is 6.07 Å². The van der Waals surface area contributed by atoms with Crippen molar-refractivity contribution in [1.29, 1.82) is 0 Å². The zero-order valence-electron chi connectivity index (χ0n) is 8.44. The Morgan fingerprint density at radius 2 is 2.06 bits per heavy atom. The molecule has 5 heteroatoms. The van der Waals surface area contributed by atoms with E-state index < -0.39 is 11.7 Å². The molecule has 0 atom stereocenters. The third kappa shape index (κ3) is 3.56. The summed E-state index contributed by atoms with van der Waals surface area (Å²) in [4.78, 5) is 0. The van der Waals surface area contributed by atoms with Crippen LogP contribution >= 0.6 is 15.9 Å². The number of hydrogen-bond donors (Lipinski definition) is 1. The molecule has 0 heterocycles. The molecule has 0 aliphatic rings. The van der Waals surface area contributed by atoms with Crippen molar-refractivity contribution in [3.05, 3.63) is 40.9 Å². The van der Waals surface area contributed by atoms with E-state index >= 15 is 0 Å². The fraction of sp³-hybridized carbons (Fsp3) is 0.273. The number of benzene rings is 1. The van der Waals surface area contributed by atoms with Gasteiger partial charge < -0.3 is 5.32 Å². The summed E-state index contributed by atoms with van der Waals surface area (Å²) in [7, 11) is 0. The van der Waals surface area contributed by atoms with Crippen molar-refractivity contribution >= 4 is 21.6 Å². The van der Waals surface area contributed by atoms with Gasteiger partial charge in [0, 0.05) is 16.7 Å². The van der Waals surface area contributed by atoms with Crippen molar-refractivity contribution < 1.29 is 13.2 Å². The first-order valence-corrected chi connectivity index (χ1v) is 5.46. The predicted octanol–water partition coefficient (Wildman–Crippen LogP) is 4.46. The van der Waals surface area contributed by atoms with Gasteiger partial charge >= 0.3 is 6.18 Å². The fourth-order valence-electron chi connectivity index (χ4n) is 1.15. The number of anilines is 1. The standard InChI is InChI=1S/C11H11BrF3N/c1-2-3-6-16-10-7-8(11(13,14)15)4-5-9(10)12/h2,4-5,7,16H,1,3,6H2. The summed E-state index contributed by atoms with van der Waals surface area (Å²) in [6.07, 6.45) is -1.91. The average Bonchev–Trinajstić information content (AvgIpc) is 2.19. The van der Waals surface area contributed by atoms with Crippen LogP contribution in [0.15, 0.2) is 35.3 Å². The molecule has 1 aromatic rings. The highest BCUT2D eigenvalue weighted by Gasteiger charge is 2.30. The molecule has 1 aromatic carbocycles. The van der Waals surface area contributed by atoms with Crippen LogP contribution in [-0.2, 0) is 6.18 Å². The number of rotatable bonds is 4. The van der Waals surface area contributed by atoms with Crippen molar-refractivity contribution in [3.8, 4) is 0 Å². The molecule has 0 saturated heterocycles. The van der Waals surface area contributed by atoms with E-state index in [-0.39, 0.29) is 0 Å². The molecule has 0 aliphatic carbocycles. The Morgan fingerprint density at radius 1 is 1.38 bits per heavy atom. The number of alkyl halides is 3. The molecule has 1 N–H and O–H groups in total. The maximum atomic E-state index is 12.4. The molecule has 1 nitrogen and oxygen atoms in total. The molecule has 0 fully saturated rings. The van der Waals surface area contributed by atoms with Gasteiger partial charge in [-0.15, -0.1) is 6.58 Å². The maximum absolute atomic E-state index is 12.4. The van der Waals surface area contributed by atoms with Crippen molar-refractivity contribution in [2.24, 2.45) is 0 Å². The van der Waals surface area contributed by atoms with Crippen molar-refractivity contribution in [1.82, 2.24) is 0 Å². The van der Waals surface area contributed by atoms with Crippen LogP contribution in [0.2, 0.25) is 0 Å². The molecule has 0 spiro atoms. The molecule has 0 saturated carbocycles. The normalized spacial score (nSPS) is 11.2. The van der Waals surface area contributed by atoms with Crippen molar-refractivity contribution in [2.75, 3.05) is 11.9 Å². The van der Waals surface area contributed by atoms with Crippen LogP contribution < -0.4 is 5.32 Å². The Labute approximate surface area is 100 Å². The second-order valence-corrected chi connectivity index (χ2v) is 4.05. The highest BCUT2D eigenvalue weighted by molar-refractivity contribution is 9.10. The highest BCUT2D eigenvalue weighted by atomic mass is 79.9. The third-order valence-electron chi connectivity index (χ3n) is 1.96. The molecular weight excluding hydrogens is 283 g/mol. The summed E-state index contributed by atoms with van der Waals surface area (Å²) in [5.74, 6) is 0. The van der Waals surface area contributed by atoms with Gasteiger partial charge in [0.2, 0.25) is 0 Å². The Kier molecular flexibility index (Phi) is 4.41. The molecule has 1 rings (SSSR count). The van der Waals surface area contributed by atoms with Gasteiger partial charge in [0.15, 0.2) is 0 Å². The van der Waals surface area contributed by atoms with E-state index in [0.717, 1.165) is 12.1 Å². The topological polar surface area (TPSA) is 12.0 Å². The van der Waals surface area contributed by atoms with Gasteiger partial charge in [-0.2, -0.15) is 13.2 Å². The van der Waals surface area contributed by atoms with Gasteiger partial charge in [0.25, 0.3) is 0 Å². The summed E-state index contributed by atoms with van der Waals surface area (Å²) in [5, 5.41) is 2.91. The van der Waals surface area contributed by atoms with E-state index in [0.29, 0.717) is 23.1 Å². The summed E-state index contributed by atoms with van der Waals surface area (Å²) < 4.78 is 37.9. The van der Waals surface area contributed by atoms with Gasteiger partial charge in [-0.25, -0.2) is 0 Å². The van der Waals surface area contributed by atoms with Crippen LogP contribution in [0.4, 0.5) is 18.9 Å². The number of nitrogens with one attached hydrogen (secondary N) is 1. The van der Waals surface area contributed by atoms with Crippen molar-refractivity contribution in [2.45, 2.75) is 12.6 Å². The SMILES string of the molecule is C=CCCNc1cc(C(F)(F)F)ccc1Br. The number of halogens is 4. The number of hydrogen-bond acceptors (Lipinski definition) is 1. The minimum atomic E-state index is -4.31. The quantitative estimate of drug-likeness (QED) is 0.638. The minimum absolute atomic E-state index is 0.441. The zero-order valence-corrected chi connectivity index (χ0v) is 10.0. The Balaban J connectivity index is 2.86. The van der Waals surface area contributed by atoms with Gasteiger partial charge in [-0.1, -0.05) is 6.08 Å². The van der Waals surface area contributed by atoms with Crippen LogP contribution in [0.5, 0.6) is 0 Å². The van der Waals surface area contributed by atoms with Crippen LogP contribution in [0, 0.1) is 0 Å². The first kappa shape index (κ1) is 13.1. The molecule has 0 aliphatic heterocycles. The van der Waals surface area contributed by atoms with Gasteiger partial charge in [-0.05, 0) is 40.5 Å². The smallest absolute Gasteiger partial charge is 0.384 e. The molecule has 88 valence electrons.